The van der Waals surface area contributed by atoms with E-state index in [-0.39, 0.29) is 31.3 Å². The number of rotatable bonds is 12. The van der Waals surface area contributed by atoms with Crippen molar-refractivity contribution in [3.63, 3.8) is 0 Å². The van der Waals surface area contributed by atoms with Crippen LogP contribution in [0.15, 0.2) is 97.1 Å². The summed E-state index contributed by atoms with van der Waals surface area (Å²) in [6.07, 6.45) is 4.29. The Balaban J connectivity index is 1.50. The van der Waals surface area contributed by atoms with Crippen LogP contribution in [0.25, 0.3) is 0 Å². The molecule has 0 aromatic heterocycles. The van der Waals surface area contributed by atoms with Crippen molar-refractivity contribution in [2.45, 2.75) is 58.0 Å². The number of aryl methyl sites for hydroxylation is 2. The molecule has 5 nitrogen and oxygen atoms in total. The maximum atomic E-state index is 9.23. The molecule has 4 aromatic rings. The van der Waals surface area contributed by atoms with Crippen LogP contribution in [0.3, 0.4) is 0 Å². The second kappa shape index (κ2) is 14.2. The van der Waals surface area contributed by atoms with Crippen LogP contribution < -0.4 is 9.64 Å². The van der Waals surface area contributed by atoms with E-state index in [2.05, 4.69) is 111 Å². The van der Waals surface area contributed by atoms with Gasteiger partial charge in [-0.1, -0.05) is 66.6 Å². The molecular formula is C38H45NO4. The SMILES string of the molecule is Cc1ccc(N(c2ccc(C)cc2)c2ccc(C(C)(c3ccc(OCCO)cc3)C3CCC(OCCO)CC3)cc2)cc1. The topological polar surface area (TPSA) is 62.2 Å². The molecule has 1 atom stereocenters. The standard InChI is InChI=1S/C38H45NO4/c1-28-4-14-33(15-5-28)39(34-16-6-29(2)7-17-34)35-18-8-30(9-19-35)38(3,31-10-20-36(21-11-31)42-26-24-40)32-12-22-37(23-13-32)43-27-25-41/h4-11,14-21,32,37,40-41H,12-13,22-27H2,1-3H3. The first kappa shape index (κ1) is 30.8. The molecule has 43 heavy (non-hydrogen) atoms. The number of benzene rings is 4. The Kier molecular flexibility index (Phi) is 10.2. The summed E-state index contributed by atoms with van der Waals surface area (Å²) in [4.78, 5) is 2.32. The van der Waals surface area contributed by atoms with Crippen molar-refractivity contribution in [3.05, 3.63) is 119 Å². The van der Waals surface area contributed by atoms with Crippen LogP contribution in [0, 0.1) is 19.8 Å². The molecular weight excluding hydrogens is 534 g/mol. The Morgan fingerprint density at radius 1 is 0.628 bits per heavy atom. The lowest BCUT2D eigenvalue weighted by Gasteiger charge is -2.43. The molecule has 0 radical (unpaired) electrons. The third-order valence-electron chi connectivity index (χ3n) is 9.06. The van der Waals surface area contributed by atoms with Gasteiger partial charge in [0.1, 0.15) is 12.4 Å². The number of aliphatic hydroxyl groups is 2. The fourth-order valence-electron chi connectivity index (χ4n) is 6.52. The van der Waals surface area contributed by atoms with E-state index in [1.165, 1.54) is 22.3 Å². The van der Waals surface area contributed by atoms with Crippen molar-refractivity contribution < 1.29 is 19.7 Å². The normalized spacial score (nSPS) is 18.2. The zero-order valence-corrected chi connectivity index (χ0v) is 25.7. The number of ether oxygens (including phenoxy) is 2. The van der Waals surface area contributed by atoms with E-state index in [1.807, 2.05) is 12.1 Å². The molecule has 4 aromatic carbocycles. The molecule has 1 fully saturated rings. The fourth-order valence-corrected chi connectivity index (χ4v) is 6.52. The van der Waals surface area contributed by atoms with Gasteiger partial charge in [0.05, 0.1) is 25.9 Å². The van der Waals surface area contributed by atoms with Crippen LogP contribution in [-0.4, -0.2) is 42.7 Å². The molecule has 5 heteroatoms. The number of nitrogens with zero attached hydrogens (tertiary/aromatic N) is 1. The lowest BCUT2D eigenvalue weighted by atomic mass is 9.62. The molecule has 0 saturated heterocycles. The molecule has 0 spiro atoms. The van der Waals surface area contributed by atoms with Crippen LogP contribution in [0.2, 0.25) is 0 Å². The summed E-state index contributed by atoms with van der Waals surface area (Å²) in [6, 6.07) is 34.9. The predicted molar refractivity (Wildman–Crippen MR) is 175 cm³/mol. The molecule has 1 saturated carbocycles. The number of hydrogen-bond donors (Lipinski definition) is 2. The summed E-state index contributed by atoms with van der Waals surface area (Å²) in [5.74, 6) is 1.20. The summed E-state index contributed by atoms with van der Waals surface area (Å²) in [5.41, 5.74) is 8.18. The van der Waals surface area contributed by atoms with Crippen molar-refractivity contribution in [2.24, 2.45) is 5.92 Å². The molecule has 0 heterocycles. The molecule has 1 aliphatic rings. The molecule has 5 rings (SSSR count). The highest BCUT2D eigenvalue weighted by Gasteiger charge is 2.40. The van der Waals surface area contributed by atoms with E-state index < -0.39 is 0 Å². The van der Waals surface area contributed by atoms with Gasteiger partial charge in [-0.25, -0.2) is 0 Å². The minimum atomic E-state index is -0.214. The molecule has 0 bridgehead atoms. The average molecular weight is 580 g/mol. The van der Waals surface area contributed by atoms with Crippen LogP contribution in [0.4, 0.5) is 17.1 Å². The number of hydrogen-bond acceptors (Lipinski definition) is 5. The maximum Gasteiger partial charge on any atom is 0.119 e. The number of anilines is 3. The Labute approximate surface area is 256 Å². The van der Waals surface area contributed by atoms with E-state index in [0.717, 1.165) is 48.5 Å². The highest BCUT2D eigenvalue weighted by molar-refractivity contribution is 5.76. The van der Waals surface area contributed by atoms with Crippen LogP contribution >= 0.6 is 0 Å². The first-order chi connectivity index (χ1) is 20.9. The van der Waals surface area contributed by atoms with Gasteiger partial charge in [0.2, 0.25) is 0 Å². The summed E-state index contributed by atoms with van der Waals surface area (Å²) in [6.45, 7) is 7.37. The van der Waals surface area contributed by atoms with Gasteiger partial charge < -0.3 is 24.6 Å². The van der Waals surface area contributed by atoms with Gasteiger partial charge in [-0.3, -0.25) is 0 Å². The second-order valence-electron chi connectivity index (χ2n) is 11.9. The zero-order valence-electron chi connectivity index (χ0n) is 25.7. The average Bonchev–Trinajstić information content (AvgIpc) is 3.05. The van der Waals surface area contributed by atoms with Crippen molar-refractivity contribution in [1.29, 1.82) is 0 Å². The van der Waals surface area contributed by atoms with E-state index in [9.17, 15) is 10.2 Å². The molecule has 1 aliphatic carbocycles. The minimum Gasteiger partial charge on any atom is -0.491 e. The second-order valence-corrected chi connectivity index (χ2v) is 11.9. The molecule has 0 aliphatic heterocycles. The number of aliphatic hydroxyl groups excluding tert-OH is 2. The van der Waals surface area contributed by atoms with Gasteiger partial charge in [0.25, 0.3) is 0 Å². The van der Waals surface area contributed by atoms with Gasteiger partial charge in [-0.2, -0.15) is 0 Å². The highest BCUT2D eigenvalue weighted by atomic mass is 16.5. The van der Waals surface area contributed by atoms with E-state index in [0.29, 0.717) is 12.5 Å². The monoisotopic (exact) mass is 579 g/mol. The predicted octanol–water partition coefficient (Wildman–Crippen LogP) is 8.02. The van der Waals surface area contributed by atoms with Crippen molar-refractivity contribution in [1.82, 2.24) is 0 Å². The minimum absolute atomic E-state index is 0.00436. The molecule has 1 unspecified atom stereocenters. The highest BCUT2D eigenvalue weighted by Crippen LogP contribution is 2.47. The van der Waals surface area contributed by atoms with Crippen LogP contribution in [0.1, 0.15) is 54.9 Å². The van der Waals surface area contributed by atoms with Crippen molar-refractivity contribution in [2.75, 3.05) is 31.3 Å². The van der Waals surface area contributed by atoms with Gasteiger partial charge in [0, 0.05) is 22.5 Å². The Morgan fingerprint density at radius 3 is 1.53 bits per heavy atom. The molecule has 2 N–H and O–H groups in total. The Hall–Kier alpha value is -3.64. The van der Waals surface area contributed by atoms with Crippen LogP contribution in [0.5, 0.6) is 5.75 Å². The first-order valence-electron chi connectivity index (χ1n) is 15.5. The maximum absolute atomic E-state index is 9.23. The van der Waals surface area contributed by atoms with E-state index in [4.69, 9.17) is 9.47 Å². The van der Waals surface area contributed by atoms with Gasteiger partial charge in [-0.15, -0.1) is 0 Å². The largest absolute Gasteiger partial charge is 0.491 e. The van der Waals surface area contributed by atoms with Gasteiger partial charge in [-0.05, 0) is 105 Å². The lowest BCUT2D eigenvalue weighted by Crippen LogP contribution is -2.37. The summed E-state index contributed by atoms with van der Waals surface area (Å²) in [7, 11) is 0. The van der Waals surface area contributed by atoms with Gasteiger partial charge >= 0.3 is 0 Å². The Bertz CT molecular complexity index is 1360. The summed E-state index contributed by atoms with van der Waals surface area (Å²) in [5, 5.41) is 18.4. The summed E-state index contributed by atoms with van der Waals surface area (Å²) >= 11 is 0. The smallest absolute Gasteiger partial charge is 0.119 e. The third kappa shape index (κ3) is 7.13. The zero-order chi connectivity index (χ0) is 30.2. The summed E-state index contributed by atoms with van der Waals surface area (Å²) < 4.78 is 11.6. The third-order valence-corrected chi connectivity index (χ3v) is 9.06. The van der Waals surface area contributed by atoms with Crippen molar-refractivity contribution >= 4 is 17.1 Å². The van der Waals surface area contributed by atoms with Gasteiger partial charge in [0.15, 0.2) is 0 Å². The van der Waals surface area contributed by atoms with Crippen LogP contribution in [-0.2, 0) is 10.2 Å². The lowest BCUT2D eigenvalue weighted by molar-refractivity contribution is -0.00474. The van der Waals surface area contributed by atoms with E-state index >= 15 is 0 Å². The fraction of sp³-hybridized carbons (Fsp3) is 0.368. The molecule has 226 valence electrons. The van der Waals surface area contributed by atoms with Crippen molar-refractivity contribution in [3.8, 4) is 5.75 Å². The van der Waals surface area contributed by atoms with E-state index in [1.54, 1.807) is 0 Å². The quantitative estimate of drug-likeness (QED) is 0.178. The Morgan fingerprint density at radius 2 is 1.07 bits per heavy atom. The first-order valence-corrected chi connectivity index (χ1v) is 15.5. The molecule has 0 amide bonds.